The van der Waals surface area contributed by atoms with E-state index in [1.807, 2.05) is 18.2 Å². The van der Waals surface area contributed by atoms with Crippen LogP contribution in [-0.2, 0) is 21.5 Å². The molecule has 1 fully saturated rings. The van der Waals surface area contributed by atoms with E-state index in [0.717, 1.165) is 29.7 Å². The normalized spacial score (nSPS) is 23.5. The summed E-state index contributed by atoms with van der Waals surface area (Å²) in [7, 11) is 0. The van der Waals surface area contributed by atoms with E-state index in [4.69, 9.17) is 11.6 Å². The van der Waals surface area contributed by atoms with Gasteiger partial charge < -0.3 is 10.6 Å². The lowest BCUT2D eigenvalue weighted by Crippen LogP contribution is -2.44. The number of aryl methyl sites for hydroxylation is 1. The van der Waals surface area contributed by atoms with Crippen LogP contribution in [0.3, 0.4) is 0 Å². The molecule has 2 aliphatic rings. The summed E-state index contributed by atoms with van der Waals surface area (Å²) in [5.74, 6) is -0.806. The highest BCUT2D eigenvalue weighted by molar-refractivity contribution is 6.30. The zero-order valence-electron chi connectivity index (χ0n) is 16.1. The fourth-order valence-corrected chi connectivity index (χ4v) is 4.23. The molecule has 6 nitrogen and oxygen atoms in total. The van der Waals surface area contributed by atoms with Crippen molar-refractivity contribution in [2.45, 2.75) is 37.8 Å². The maximum atomic E-state index is 13.0. The standard InChI is InChI=1S/C22H22ClN3O3/c1-22(15-9-11-16(23)12-10-15)20(28)26(21(29)25-22)13-19(27)24-18-8-4-6-14-5-2-3-7-17(14)18/h2-3,5,7,9-12,18H,4,6,8,13H2,1H3,(H,24,27)(H,25,29)/t18-,22+/m0/s1. The van der Waals surface area contributed by atoms with Crippen LogP contribution < -0.4 is 10.6 Å². The van der Waals surface area contributed by atoms with Gasteiger partial charge >= 0.3 is 6.03 Å². The molecule has 0 spiro atoms. The van der Waals surface area contributed by atoms with Crippen LogP contribution in [0.25, 0.3) is 0 Å². The molecule has 7 heteroatoms. The Morgan fingerprint density at radius 2 is 1.93 bits per heavy atom. The van der Waals surface area contributed by atoms with Crippen LogP contribution in [0.2, 0.25) is 5.02 Å². The average molecular weight is 412 g/mol. The molecular formula is C22H22ClN3O3. The van der Waals surface area contributed by atoms with Gasteiger partial charge in [-0.15, -0.1) is 0 Å². The van der Waals surface area contributed by atoms with E-state index in [-0.39, 0.29) is 18.5 Å². The molecule has 1 aliphatic heterocycles. The Morgan fingerprint density at radius 3 is 2.69 bits per heavy atom. The summed E-state index contributed by atoms with van der Waals surface area (Å²) >= 11 is 5.92. The Morgan fingerprint density at radius 1 is 1.21 bits per heavy atom. The lowest BCUT2D eigenvalue weighted by atomic mass is 9.88. The molecule has 2 N–H and O–H groups in total. The van der Waals surface area contributed by atoms with Gasteiger partial charge in [0.05, 0.1) is 6.04 Å². The van der Waals surface area contributed by atoms with Crippen LogP contribution in [0, 0.1) is 0 Å². The summed E-state index contributed by atoms with van der Waals surface area (Å²) < 4.78 is 0. The Hall–Kier alpha value is -2.86. The number of benzene rings is 2. The van der Waals surface area contributed by atoms with Gasteiger partial charge in [-0.2, -0.15) is 0 Å². The number of hydrogen-bond acceptors (Lipinski definition) is 3. The highest BCUT2D eigenvalue weighted by atomic mass is 35.5. The van der Waals surface area contributed by atoms with E-state index in [0.29, 0.717) is 10.6 Å². The Labute approximate surface area is 174 Å². The lowest BCUT2D eigenvalue weighted by Gasteiger charge is -2.27. The highest BCUT2D eigenvalue weighted by Gasteiger charge is 2.49. The number of fused-ring (bicyclic) bond motifs is 1. The summed E-state index contributed by atoms with van der Waals surface area (Å²) in [6, 6.07) is 14.1. The Balaban J connectivity index is 1.47. The summed E-state index contributed by atoms with van der Waals surface area (Å²) in [4.78, 5) is 39.1. The first-order valence-corrected chi connectivity index (χ1v) is 10.0. The molecule has 0 unspecified atom stereocenters. The Kier molecular flexibility index (Phi) is 5.04. The summed E-state index contributed by atoms with van der Waals surface area (Å²) in [6.45, 7) is 1.32. The van der Waals surface area contributed by atoms with Crippen LogP contribution in [0.1, 0.15) is 42.5 Å². The van der Waals surface area contributed by atoms with Gasteiger partial charge in [-0.25, -0.2) is 4.79 Å². The largest absolute Gasteiger partial charge is 0.348 e. The van der Waals surface area contributed by atoms with E-state index in [1.165, 1.54) is 5.56 Å². The van der Waals surface area contributed by atoms with Gasteiger partial charge in [0.15, 0.2) is 0 Å². The second-order valence-electron chi connectivity index (χ2n) is 7.66. The summed E-state index contributed by atoms with van der Waals surface area (Å²) in [6.07, 6.45) is 2.82. The molecule has 1 saturated heterocycles. The number of carbonyl (C=O) groups excluding carboxylic acids is 3. The number of halogens is 1. The monoisotopic (exact) mass is 411 g/mol. The van der Waals surface area contributed by atoms with Crippen molar-refractivity contribution in [3.8, 4) is 0 Å². The van der Waals surface area contributed by atoms with E-state index in [9.17, 15) is 14.4 Å². The minimum atomic E-state index is -1.22. The lowest BCUT2D eigenvalue weighted by molar-refractivity contribution is -0.135. The van der Waals surface area contributed by atoms with Gasteiger partial charge in [0.1, 0.15) is 12.1 Å². The number of amides is 4. The second-order valence-corrected chi connectivity index (χ2v) is 8.10. The number of imide groups is 1. The summed E-state index contributed by atoms with van der Waals surface area (Å²) in [5, 5.41) is 6.23. The fourth-order valence-electron chi connectivity index (χ4n) is 4.11. The molecule has 1 aliphatic carbocycles. The van der Waals surface area contributed by atoms with Crippen molar-refractivity contribution in [1.29, 1.82) is 0 Å². The first-order chi connectivity index (χ1) is 13.9. The number of carbonyl (C=O) groups is 3. The maximum absolute atomic E-state index is 13.0. The molecule has 150 valence electrons. The molecule has 0 bridgehead atoms. The van der Waals surface area contributed by atoms with Crippen LogP contribution in [0.5, 0.6) is 0 Å². The topological polar surface area (TPSA) is 78.5 Å². The average Bonchev–Trinajstić information content (AvgIpc) is 2.92. The van der Waals surface area contributed by atoms with Crippen molar-refractivity contribution >= 4 is 29.4 Å². The number of rotatable bonds is 4. The van der Waals surface area contributed by atoms with E-state index in [1.54, 1.807) is 31.2 Å². The van der Waals surface area contributed by atoms with Crippen LogP contribution >= 0.6 is 11.6 Å². The molecule has 29 heavy (non-hydrogen) atoms. The van der Waals surface area contributed by atoms with E-state index < -0.39 is 17.5 Å². The van der Waals surface area contributed by atoms with Crippen molar-refractivity contribution in [3.05, 3.63) is 70.2 Å². The molecule has 2 aromatic rings. The molecule has 0 saturated carbocycles. The van der Waals surface area contributed by atoms with E-state index >= 15 is 0 Å². The zero-order valence-corrected chi connectivity index (χ0v) is 16.8. The predicted molar refractivity (Wildman–Crippen MR) is 109 cm³/mol. The minimum absolute atomic E-state index is 0.101. The van der Waals surface area contributed by atoms with Crippen molar-refractivity contribution in [3.63, 3.8) is 0 Å². The molecule has 4 amide bonds. The van der Waals surface area contributed by atoms with Gasteiger partial charge in [0.25, 0.3) is 5.91 Å². The molecule has 4 rings (SSSR count). The fraction of sp³-hybridized carbons (Fsp3) is 0.318. The third-order valence-electron chi connectivity index (χ3n) is 5.70. The molecule has 2 atom stereocenters. The van der Waals surface area contributed by atoms with Crippen LogP contribution in [-0.4, -0.2) is 29.3 Å². The third-order valence-corrected chi connectivity index (χ3v) is 5.95. The maximum Gasteiger partial charge on any atom is 0.325 e. The quantitative estimate of drug-likeness (QED) is 0.757. The minimum Gasteiger partial charge on any atom is -0.348 e. The smallest absolute Gasteiger partial charge is 0.325 e. The Bertz CT molecular complexity index is 976. The third kappa shape index (κ3) is 3.60. The van der Waals surface area contributed by atoms with Crippen molar-refractivity contribution < 1.29 is 14.4 Å². The van der Waals surface area contributed by atoms with Crippen LogP contribution in [0.4, 0.5) is 4.79 Å². The van der Waals surface area contributed by atoms with Gasteiger partial charge in [-0.3, -0.25) is 14.5 Å². The first-order valence-electron chi connectivity index (χ1n) is 9.66. The number of urea groups is 1. The van der Waals surface area contributed by atoms with Crippen LogP contribution in [0.15, 0.2) is 48.5 Å². The van der Waals surface area contributed by atoms with Crippen molar-refractivity contribution in [2.75, 3.05) is 6.54 Å². The number of hydrogen-bond donors (Lipinski definition) is 2. The zero-order chi connectivity index (χ0) is 20.6. The SMILES string of the molecule is C[C@]1(c2ccc(Cl)cc2)NC(=O)N(CC(=O)N[C@H]2CCCc3ccccc32)C1=O. The van der Waals surface area contributed by atoms with Crippen molar-refractivity contribution in [1.82, 2.24) is 15.5 Å². The molecular weight excluding hydrogens is 390 g/mol. The van der Waals surface area contributed by atoms with E-state index in [2.05, 4.69) is 16.7 Å². The summed E-state index contributed by atoms with van der Waals surface area (Å²) in [5.41, 5.74) is 1.73. The number of nitrogens with zero attached hydrogens (tertiary/aromatic N) is 1. The second kappa shape index (κ2) is 7.52. The molecule has 2 aromatic carbocycles. The number of nitrogens with one attached hydrogen (secondary N) is 2. The molecule has 0 aromatic heterocycles. The van der Waals surface area contributed by atoms with Gasteiger partial charge in [0.2, 0.25) is 5.91 Å². The first kappa shape index (κ1) is 19.5. The van der Waals surface area contributed by atoms with Gasteiger partial charge in [-0.05, 0) is 55.0 Å². The molecule has 0 radical (unpaired) electrons. The van der Waals surface area contributed by atoms with Crippen molar-refractivity contribution in [2.24, 2.45) is 0 Å². The molecule has 1 heterocycles. The van der Waals surface area contributed by atoms with Gasteiger partial charge in [-0.1, -0.05) is 48.0 Å². The predicted octanol–water partition coefficient (Wildman–Crippen LogP) is 3.30. The van der Waals surface area contributed by atoms with Gasteiger partial charge in [0, 0.05) is 5.02 Å². The highest BCUT2D eigenvalue weighted by Crippen LogP contribution is 2.31.